The zero-order valence-corrected chi connectivity index (χ0v) is 18.4. The van der Waals surface area contributed by atoms with Gasteiger partial charge in [-0.05, 0) is 56.6 Å². The Morgan fingerprint density at radius 1 is 1.06 bits per heavy atom. The quantitative estimate of drug-likeness (QED) is 0.655. The van der Waals surface area contributed by atoms with Gasteiger partial charge in [-0.3, -0.25) is 9.59 Å². The van der Waals surface area contributed by atoms with Gasteiger partial charge in [-0.2, -0.15) is 0 Å². The highest BCUT2D eigenvalue weighted by Crippen LogP contribution is 2.31. The molecule has 0 bridgehead atoms. The van der Waals surface area contributed by atoms with Crippen molar-refractivity contribution in [2.24, 2.45) is 11.8 Å². The Morgan fingerprint density at radius 3 is 2.66 bits per heavy atom. The van der Waals surface area contributed by atoms with E-state index in [0.29, 0.717) is 37.5 Å². The number of pyridine rings is 1. The predicted molar refractivity (Wildman–Crippen MR) is 118 cm³/mol. The molecule has 2 amide bonds. The molecule has 1 saturated heterocycles. The average molecular weight is 447 g/mol. The summed E-state index contributed by atoms with van der Waals surface area (Å²) in [5.74, 6) is 0.153. The van der Waals surface area contributed by atoms with E-state index in [9.17, 15) is 18.4 Å². The number of carbonyl (C=O) groups excluding carboxylic acids is 2. The molecular weight excluding hydrogens is 414 g/mol. The molecule has 3 unspecified atom stereocenters. The maximum absolute atomic E-state index is 13.6. The molecule has 2 aromatic heterocycles. The van der Waals surface area contributed by atoms with Gasteiger partial charge in [0.25, 0.3) is 5.91 Å². The minimum absolute atomic E-state index is 0.00888. The Labute approximate surface area is 187 Å². The molecule has 1 aliphatic heterocycles. The summed E-state index contributed by atoms with van der Waals surface area (Å²) in [5.41, 5.74) is 1.43. The van der Waals surface area contributed by atoms with E-state index in [-0.39, 0.29) is 30.6 Å². The zero-order valence-electron chi connectivity index (χ0n) is 18.4. The normalized spacial score (nSPS) is 24.6. The molecule has 1 saturated carbocycles. The van der Waals surface area contributed by atoms with Crippen molar-refractivity contribution in [2.75, 3.05) is 19.6 Å². The number of piperidine rings is 1. The summed E-state index contributed by atoms with van der Waals surface area (Å²) in [4.78, 5) is 31.0. The van der Waals surface area contributed by atoms with Crippen LogP contribution in [-0.2, 0) is 4.79 Å². The lowest BCUT2D eigenvalue weighted by molar-refractivity contribution is -0.139. The van der Waals surface area contributed by atoms with Crippen molar-refractivity contribution in [2.45, 2.75) is 63.7 Å². The van der Waals surface area contributed by atoms with Crippen LogP contribution in [0.3, 0.4) is 0 Å². The van der Waals surface area contributed by atoms with Gasteiger partial charge in [-0.25, -0.2) is 13.8 Å². The van der Waals surface area contributed by atoms with Crippen LogP contribution in [0.4, 0.5) is 8.78 Å². The summed E-state index contributed by atoms with van der Waals surface area (Å²) in [6, 6.07) is 3.61. The third kappa shape index (κ3) is 5.45. The highest BCUT2D eigenvalue weighted by molar-refractivity contribution is 5.94. The molecule has 0 aromatic carbocycles. The molecule has 174 valence electrons. The second kappa shape index (κ2) is 10.4. The van der Waals surface area contributed by atoms with Crippen LogP contribution in [-0.4, -0.2) is 58.1 Å². The number of alkyl halides is 2. The number of likely N-dealkylation sites (tertiary alicyclic amines) is 1. The number of halogens is 2. The molecule has 32 heavy (non-hydrogen) atoms. The zero-order chi connectivity index (χ0) is 22.5. The molecule has 3 heterocycles. The number of amides is 2. The van der Waals surface area contributed by atoms with Gasteiger partial charge in [0.2, 0.25) is 5.91 Å². The van der Waals surface area contributed by atoms with E-state index < -0.39 is 12.3 Å². The number of fused-ring (bicyclic) bond motifs is 1. The third-order valence-corrected chi connectivity index (χ3v) is 6.94. The largest absolute Gasteiger partial charge is 0.352 e. The molecule has 2 aliphatic rings. The van der Waals surface area contributed by atoms with Crippen molar-refractivity contribution in [1.82, 2.24) is 19.6 Å². The Bertz CT molecular complexity index is 926. The SMILES string of the molecule is O=C(NCCCCC1CCN(C(=O)C2CCC(F)C(F)C2)CC1)c1ccc2nccn2c1. The number of rotatable bonds is 7. The summed E-state index contributed by atoms with van der Waals surface area (Å²) in [6.07, 6.45) is 7.99. The first-order chi connectivity index (χ1) is 15.5. The first-order valence-electron chi connectivity index (χ1n) is 11.8. The fourth-order valence-corrected chi connectivity index (χ4v) is 4.92. The molecule has 3 atom stereocenters. The van der Waals surface area contributed by atoms with E-state index in [1.807, 2.05) is 21.6 Å². The van der Waals surface area contributed by atoms with E-state index in [1.54, 1.807) is 18.5 Å². The van der Waals surface area contributed by atoms with Gasteiger partial charge < -0.3 is 14.6 Å². The first-order valence-corrected chi connectivity index (χ1v) is 11.8. The number of hydrogen-bond acceptors (Lipinski definition) is 3. The van der Waals surface area contributed by atoms with Gasteiger partial charge in [-0.15, -0.1) is 0 Å². The van der Waals surface area contributed by atoms with E-state index >= 15 is 0 Å². The average Bonchev–Trinajstić information content (AvgIpc) is 3.28. The van der Waals surface area contributed by atoms with Gasteiger partial charge in [0.15, 0.2) is 0 Å². The van der Waals surface area contributed by atoms with Crippen LogP contribution >= 0.6 is 0 Å². The maximum Gasteiger partial charge on any atom is 0.252 e. The van der Waals surface area contributed by atoms with Crippen LogP contribution in [0.1, 0.15) is 61.7 Å². The number of hydrogen-bond donors (Lipinski definition) is 1. The lowest BCUT2D eigenvalue weighted by Crippen LogP contribution is -2.44. The number of nitrogens with zero attached hydrogens (tertiary/aromatic N) is 3. The summed E-state index contributed by atoms with van der Waals surface area (Å²) in [5, 5.41) is 2.98. The van der Waals surface area contributed by atoms with Crippen molar-refractivity contribution >= 4 is 17.5 Å². The molecule has 1 aliphatic carbocycles. The highest BCUT2D eigenvalue weighted by atomic mass is 19.2. The Hall–Kier alpha value is -2.51. The van der Waals surface area contributed by atoms with Crippen LogP contribution in [0.5, 0.6) is 0 Å². The Morgan fingerprint density at radius 2 is 1.88 bits per heavy atom. The third-order valence-electron chi connectivity index (χ3n) is 6.94. The van der Waals surface area contributed by atoms with Crippen LogP contribution in [0.2, 0.25) is 0 Å². The number of nitrogens with one attached hydrogen (secondary N) is 1. The van der Waals surface area contributed by atoms with Gasteiger partial charge in [0.1, 0.15) is 18.0 Å². The minimum Gasteiger partial charge on any atom is -0.352 e. The molecule has 2 aromatic rings. The smallest absolute Gasteiger partial charge is 0.252 e. The molecule has 0 radical (unpaired) electrons. The molecule has 2 fully saturated rings. The van der Waals surface area contributed by atoms with Crippen molar-refractivity contribution in [3.05, 3.63) is 36.3 Å². The fourth-order valence-electron chi connectivity index (χ4n) is 4.92. The Kier molecular flexibility index (Phi) is 7.37. The highest BCUT2D eigenvalue weighted by Gasteiger charge is 2.36. The number of aromatic nitrogens is 2. The van der Waals surface area contributed by atoms with E-state index in [2.05, 4.69) is 10.3 Å². The van der Waals surface area contributed by atoms with Crippen molar-refractivity contribution < 1.29 is 18.4 Å². The maximum atomic E-state index is 13.6. The van der Waals surface area contributed by atoms with Crippen molar-refractivity contribution in [1.29, 1.82) is 0 Å². The van der Waals surface area contributed by atoms with Gasteiger partial charge in [0.05, 0.1) is 5.56 Å². The van der Waals surface area contributed by atoms with E-state index in [1.165, 1.54) is 0 Å². The second-order valence-electron chi connectivity index (χ2n) is 9.17. The van der Waals surface area contributed by atoms with Crippen LogP contribution < -0.4 is 5.32 Å². The summed E-state index contributed by atoms with van der Waals surface area (Å²) in [6.45, 7) is 2.06. The molecule has 8 heteroatoms. The predicted octanol–water partition coefficient (Wildman–Crippen LogP) is 3.95. The summed E-state index contributed by atoms with van der Waals surface area (Å²) in [7, 11) is 0. The van der Waals surface area contributed by atoms with Crippen LogP contribution in [0.15, 0.2) is 30.7 Å². The molecule has 0 spiro atoms. The van der Waals surface area contributed by atoms with Crippen LogP contribution in [0, 0.1) is 11.8 Å². The second-order valence-corrected chi connectivity index (χ2v) is 9.17. The standard InChI is InChI=1S/C24H32F2N4O2/c25-20-6-4-18(15-21(20)26)24(32)29-12-8-17(9-13-29)3-1-2-10-28-23(31)19-5-7-22-27-11-14-30(22)16-19/h5,7,11,14,16-18,20-21H,1-4,6,8-10,12-13,15H2,(H,28,31). The molecule has 4 rings (SSSR count). The molecular formula is C24H32F2N4O2. The van der Waals surface area contributed by atoms with Gasteiger partial charge in [0, 0.05) is 44.1 Å². The van der Waals surface area contributed by atoms with E-state index in [0.717, 1.165) is 37.8 Å². The van der Waals surface area contributed by atoms with Gasteiger partial charge >= 0.3 is 0 Å². The monoisotopic (exact) mass is 446 g/mol. The Balaban J connectivity index is 1.11. The first kappa shape index (κ1) is 22.7. The van der Waals surface area contributed by atoms with Crippen LogP contribution in [0.25, 0.3) is 5.65 Å². The fraction of sp³-hybridized carbons (Fsp3) is 0.625. The summed E-state index contributed by atoms with van der Waals surface area (Å²) >= 11 is 0. The topological polar surface area (TPSA) is 66.7 Å². The minimum atomic E-state index is -1.50. The molecule has 6 nitrogen and oxygen atoms in total. The number of imidazole rings is 1. The number of carbonyl (C=O) groups is 2. The lowest BCUT2D eigenvalue weighted by Gasteiger charge is -2.36. The lowest BCUT2D eigenvalue weighted by atomic mass is 9.84. The van der Waals surface area contributed by atoms with Crippen molar-refractivity contribution in [3.63, 3.8) is 0 Å². The van der Waals surface area contributed by atoms with E-state index in [4.69, 9.17) is 0 Å². The number of unbranched alkanes of at least 4 members (excludes halogenated alkanes) is 1. The van der Waals surface area contributed by atoms with Gasteiger partial charge in [-0.1, -0.05) is 12.8 Å². The molecule has 1 N–H and O–H groups in total. The van der Waals surface area contributed by atoms with Crippen molar-refractivity contribution in [3.8, 4) is 0 Å². The summed E-state index contributed by atoms with van der Waals surface area (Å²) < 4.78 is 28.8.